The first-order chi connectivity index (χ1) is 5.77. The molecule has 0 aliphatic carbocycles. The standard InChI is InChI=1S/C8H9NO2S/c10-8(11)9-3-1-6-2-4-12-7(6)5-9/h1-2,4,7H,3,5H2,(H,10,11). The van der Waals surface area contributed by atoms with Crippen LogP contribution in [-0.4, -0.2) is 34.4 Å². The molecular weight excluding hydrogens is 174 g/mol. The SMILES string of the molecule is O=C(O)N1CC=C2C=CSC2C1. The number of nitrogens with zero attached hydrogens (tertiary/aromatic N) is 1. The van der Waals surface area contributed by atoms with Crippen LogP contribution >= 0.6 is 11.8 Å². The van der Waals surface area contributed by atoms with Crippen LogP contribution in [0.2, 0.25) is 0 Å². The Morgan fingerprint density at radius 1 is 1.75 bits per heavy atom. The zero-order valence-electron chi connectivity index (χ0n) is 6.43. The van der Waals surface area contributed by atoms with E-state index in [1.165, 1.54) is 10.5 Å². The summed E-state index contributed by atoms with van der Waals surface area (Å²) < 4.78 is 0. The minimum absolute atomic E-state index is 0.342. The molecule has 64 valence electrons. The van der Waals surface area contributed by atoms with Crippen LogP contribution in [0.15, 0.2) is 23.1 Å². The second kappa shape index (κ2) is 2.86. The maximum atomic E-state index is 10.6. The third-order valence-electron chi connectivity index (χ3n) is 2.08. The number of allylic oxidation sites excluding steroid dienone is 1. The highest BCUT2D eigenvalue weighted by atomic mass is 32.2. The Labute approximate surface area is 74.7 Å². The van der Waals surface area contributed by atoms with E-state index in [9.17, 15) is 4.79 Å². The largest absolute Gasteiger partial charge is 0.465 e. The van der Waals surface area contributed by atoms with E-state index >= 15 is 0 Å². The number of carbonyl (C=O) groups is 1. The van der Waals surface area contributed by atoms with Crippen molar-refractivity contribution >= 4 is 17.9 Å². The Balaban J connectivity index is 2.11. The van der Waals surface area contributed by atoms with Gasteiger partial charge in [-0.05, 0) is 11.0 Å². The quantitative estimate of drug-likeness (QED) is 0.619. The fraction of sp³-hybridized carbons (Fsp3) is 0.375. The van der Waals surface area contributed by atoms with Gasteiger partial charge < -0.3 is 10.0 Å². The van der Waals surface area contributed by atoms with Gasteiger partial charge >= 0.3 is 6.09 Å². The van der Waals surface area contributed by atoms with Crippen LogP contribution in [0.5, 0.6) is 0 Å². The molecule has 0 aromatic rings. The van der Waals surface area contributed by atoms with Gasteiger partial charge in [-0.15, -0.1) is 11.8 Å². The van der Waals surface area contributed by atoms with Gasteiger partial charge in [0.1, 0.15) is 0 Å². The summed E-state index contributed by atoms with van der Waals surface area (Å²) in [6, 6.07) is 0. The molecule has 2 heterocycles. The summed E-state index contributed by atoms with van der Waals surface area (Å²) in [4.78, 5) is 12.0. The molecule has 2 rings (SSSR count). The van der Waals surface area contributed by atoms with Gasteiger partial charge in [0.15, 0.2) is 0 Å². The highest BCUT2D eigenvalue weighted by molar-refractivity contribution is 8.03. The van der Waals surface area contributed by atoms with Gasteiger partial charge in [-0.1, -0.05) is 12.2 Å². The lowest BCUT2D eigenvalue weighted by atomic mass is 10.1. The fourth-order valence-corrected chi connectivity index (χ4v) is 2.42. The third-order valence-corrected chi connectivity index (χ3v) is 3.12. The summed E-state index contributed by atoms with van der Waals surface area (Å²) in [6.07, 6.45) is 3.23. The monoisotopic (exact) mass is 183 g/mol. The fourth-order valence-electron chi connectivity index (χ4n) is 1.39. The molecule has 0 fully saturated rings. The van der Waals surface area contributed by atoms with Crippen molar-refractivity contribution in [3.63, 3.8) is 0 Å². The molecule has 12 heavy (non-hydrogen) atoms. The van der Waals surface area contributed by atoms with Gasteiger partial charge in [0.05, 0.1) is 5.25 Å². The van der Waals surface area contributed by atoms with E-state index in [1.54, 1.807) is 11.8 Å². The molecule has 0 radical (unpaired) electrons. The Morgan fingerprint density at radius 2 is 2.58 bits per heavy atom. The molecule has 0 spiro atoms. The van der Waals surface area contributed by atoms with Gasteiger partial charge in [0.2, 0.25) is 0 Å². The average molecular weight is 183 g/mol. The van der Waals surface area contributed by atoms with E-state index in [0.29, 0.717) is 18.3 Å². The Morgan fingerprint density at radius 3 is 3.33 bits per heavy atom. The Kier molecular flexibility index (Phi) is 1.84. The van der Waals surface area contributed by atoms with Gasteiger partial charge in [0, 0.05) is 13.1 Å². The minimum atomic E-state index is -0.821. The number of carboxylic acid groups (broad SMARTS) is 1. The lowest BCUT2D eigenvalue weighted by Crippen LogP contribution is -2.38. The van der Waals surface area contributed by atoms with Crippen LogP contribution in [0.25, 0.3) is 0 Å². The van der Waals surface area contributed by atoms with E-state index in [1.807, 2.05) is 11.5 Å². The first-order valence-corrected chi connectivity index (χ1v) is 4.71. The first-order valence-electron chi connectivity index (χ1n) is 3.77. The summed E-state index contributed by atoms with van der Waals surface area (Å²) in [6.45, 7) is 1.16. The summed E-state index contributed by atoms with van der Waals surface area (Å²) in [5.41, 5.74) is 1.28. The lowest BCUT2D eigenvalue weighted by molar-refractivity contribution is 0.150. The van der Waals surface area contributed by atoms with Crippen molar-refractivity contribution < 1.29 is 9.90 Å². The number of amides is 1. The van der Waals surface area contributed by atoms with Crippen molar-refractivity contribution in [3.05, 3.63) is 23.1 Å². The Hall–Kier alpha value is -0.900. The molecule has 3 nitrogen and oxygen atoms in total. The number of thioether (sulfide) groups is 1. The van der Waals surface area contributed by atoms with Crippen LogP contribution in [0.3, 0.4) is 0 Å². The normalized spacial score (nSPS) is 26.8. The van der Waals surface area contributed by atoms with Crippen molar-refractivity contribution in [2.75, 3.05) is 13.1 Å². The molecule has 1 N–H and O–H groups in total. The number of rotatable bonds is 0. The van der Waals surface area contributed by atoms with Crippen molar-refractivity contribution in [2.45, 2.75) is 5.25 Å². The predicted molar refractivity (Wildman–Crippen MR) is 48.2 cm³/mol. The van der Waals surface area contributed by atoms with Crippen LogP contribution in [0, 0.1) is 0 Å². The van der Waals surface area contributed by atoms with Crippen molar-refractivity contribution in [1.29, 1.82) is 0 Å². The van der Waals surface area contributed by atoms with E-state index in [2.05, 4.69) is 6.08 Å². The molecule has 4 heteroatoms. The number of hydrogen-bond donors (Lipinski definition) is 1. The summed E-state index contributed by atoms with van der Waals surface area (Å²) in [5.74, 6) is 0. The molecule has 0 aromatic carbocycles. The van der Waals surface area contributed by atoms with Crippen molar-refractivity contribution in [1.82, 2.24) is 4.90 Å². The molecule has 2 aliphatic heterocycles. The topological polar surface area (TPSA) is 40.5 Å². The highest BCUT2D eigenvalue weighted by Gasteiger charge is 2.26. The first kappa shape index (κ1) is 7.73. The molecule has 0 saturated heterocycles. The summed E-state index contributed by atoms with van der Waals surface area (Å²) in [5, 5.41) is 11.1. The van der Waals surface area contributed by atoms with E-state index in [4.69, 9.17) is 5.11 Å². The molecule has 0 bridgehead atoms. The zero-order valence-corrected chi connectivity index (χ0v) is 7.25. The van der Waals surface area contributed by atoms with Gasteiger partial charge in [-0.2, -0.15) is 0 Å². The molecular formula is C8H9NO2S. The Bertz CT molecular complexity index is 272. The van der Waals surface area contributed by atoms with Crippen LogP contribution in [0.4, 0.5) is 4.79 Å². The predicted octanol–water partition coefficient (Wildman–Crippen LogP) is 1.54. The van der Waals surface area contributed by atoms with Crippen LogP contribution < -0.4 is 0 Å². The summed E-state index contributed by atoms with van der Waals surface area (Å²) >= 11 is 1.69. The van der Waals surface area contributed by atoms with E-state index in [0.717, 1.165) is 0 Å². The molecule has 2 aliphatic rings. The zero-order chi connectivity index (χ0) is 8.55. The second-order valence-corrected chi connectivity index (χ2v) is 3.93. The minimum Gasteiger partial charge on any atom is -0.465 e. The van der Waals surface area contributed by atoms with Gasteiger partial charge in [-0.3, -0.25) is 0 Å². The molecule has 1 unspecified atom stereocenters. The lowest BCUT2D eigenvalue weighted by Gasteiger charge is -2.26. The van der Waals surface area contributed by atoms with Crippen molar-refractivity contribution in [2.24, 2.45) is 0 Å². The highest BCUT2D eigenvalue weighted by Crippen LogP contribution is 2.31. The second-order valence-electron chi connectivity index (χ2n) is 2.82. The van der Waals surface area contributed by atoms with Crippen LogP contribution in [0.1, 0.15) is 0 Å². The maximum absolute atomic E-state index is 10.6. The van der Waals surface area contributed by atoms with Crippen molar-refractivity contribution in [3.8, 4) is 0 Å². The number of hydrogen-bond acceptors (Lipinski definition) is 2. The van der Waals surface area contributed by atoms with E-state index in [-0.39, 0.29) is 0 Å². The summed E-state index contributed by atoms with van der Waals surface area (Å²) in [7, 11) is 0. The van der Waals surface area contributed by atoms with Gasteiger partial charge in [-0.25, -0.2) is 4.79 Å². The van der Waals surface area contributed by atoms with Gasteiger partial charge in [0.25, 0.3) is 0 Å². The smallest absolute Gasteiger partial charge is 0.407 e. The van der Waals surface area contributed by atoms with E-state index < -0.39 is 6.09 Å². The molecule has 1 atom stereocenters. The third kappa shape index (κ3) is 1.22. The van der Waals surface area contributed by atoms with Crippen LogP contribution in [-0.2, 0) is 0 Å². The average Bonchev–Trinajstić information content (AvgIpc) is 2.49. The maximum Gasteiger partial charge on any atom is 0.407 e. The molecule has 1 amide bonds. The number of fused-ring (bicyclic) bond motifs is 1. The molecule has 0 saturated carbocycles. The molecule has 0 aromatic heterocycles.